The van der Waals surface area contributed by atoms with Crippen molar-refractivity contribution in [2.75, 3.05) is 34.6 Å². The van der Waals surface area contributed by atoms with Crippen molar-refractivity contribution in [1.29, 1.82) is 0 Å². The van der Waals surface area contributed by atoms with E-state index >= 15 is 0 Å². The quantitative estimate of drug-likeness (QED) is 0.563. The first-order valence-corrected chi connectivity index (χ1v) is 5.22. The van der Waals surface area contributed by atoms with Gasteiger partial charge in [0.25, 0.3) is 0 Å². The van der Waals surface area contributed by atoms with Gasteiger partial charge in [0.05, 0.1) is 21.0 Å². The molecule has 90 valence electrons. The molecule has 16 heavy (non-hydrogen) atoms. The molecule has 0 saturated carbocycles. The molecule has 0 aliphatic heterocycles. The maximum Gasteiger partial charge on any atom is 0.160 e. The molecule has 0 unspecified atom stereocenters. The number of methoxy groups -OCH3 is 3. The van der Waals surface area contributed by atoms with Gasteiger partial charge in [-0.05, 0) is 24.1 Å². The Labute approximate surface area is 96.5 Å². The smallest absolute Gasteiger partial charge is 0.160 e. The van der Waals surface area contributed by atoms with Crippen LogP contribution in [0.1, 0.15) is 5.56 Å². The van der Waals surface area contributed by atoms with E-state index < -0.39 is 0 Å². The van der Waals surface area contributed by atoms with E-state index in [-0.39, 0.29) is 0 Å². The summed E-state index contributed by atoms with van der Waals surface area (Å²) in [5.74, 6) is 1.53. The van der Waals surface area contributed by atoms with Gasteiger partial charge in [-0.1, -0.05) is 6.07 Å². The predicted molar refractivity (Wildman–Crippen MR) is 63.1 cm³/mol. The third kappa shape index (κ3) is 3.72. The van der Waals surface area contributed by atoms with Crippen molar-refractivity contribution in [3.05, 3.63) is 23.8 Å². The van der Waals surface area contributed by atoms with Crippen LogP contribution in [0.15, 0.2) is 18.2 Å². The number of rotatable bonds is 7. The molecule has 0 heterocycles. The van der Waals surface area contributed by atoms with Crippen LogP contribution >= 0.6 is 0 Å². The number of nitrogens with one attached hydrogen (secondary N) is 1. The Hall–Kier alpha value is -1.26. The fourth-order valence-corrected chi connectivity index (χ4v) is 1.44. The van der Waals surface area contributed by atoms with Crippen molar-refractivity contribution in [1.82, 2.24) is 5.32 Å². The average Bonchev–Trinajstić information content (AvgIpc) is 2.34. The van der Waals surface area contributed by atoms with Gasteiger partial charge in [-0.2, -0.15) is 0 Å². The van der Waals surface area contributed by atoms with Gasteiger partial charge < -0.3 is 14.2 Å². The van der Waals surface area contributed by atoms with Crippen LogP contribution in [-0.2, 0) is 11.2 Å². The van der Waals surface area contributed by atoms with Crippen LogP contribution < -0.4 is 14.8 Å². The average molecular weight is 225 g/mol. The van der Waals surface area contributed by atoms with Gasteiger partial charge >= 0.3 is 0 Å². The lowest BCUT2D eigenvalue weighted by Gasteiger charge is -2.09. The van der Waals surface area contributed by atoms with Gasteiger partial charge in [-0.25, -0.2) is 0 Å². The topological polar surface area (TPSA) is 39.7 Å². The Morgan fingerprint density at radius 3 is 2.44 bits per heavy atom. The minimum atomic E-state index is 0.577. The number of hydrogen-bond donors (Lipinski definition) is 1. The van der Waals surface area contributed by atoms with Crippen molar-refractivity contribution < 1.29 is 14.2 Å². The van der Waals surface area contributed by atoms with Crippen LogP contribution in [0.3, 0.4) is 0 Å². The predicted octanol–water partition coefficient (Wildman–Crippen LogP) is 1.44. The monoisotopic (exact) mass is 225 g/mol. The molecule has 0 spiro atoms. The van der Waals surface area contributed by atoms with E-state index in [4.69, 9.17) is 14.2 Å². The standard InChI is InChI=1S/C12H19NO3/c1-14-9-13-7-6-10-4-5-11(15-2)12(8-10)16-3/h4-5,8,13H,6-7,9H2,1-3H3. The summed E-state index contributed by atoms with van der Waals surface area (Å²) in [6.45, 7) is 1.45. The number of benzene rings is 1. The van der Waals surface area contributed by atoms with Gasteiger partial charge in [-0.3, -0.25) is 5.32 Å². The molecule has 0 atom stereocenters. The number of hydrogen-bond acceptors (Lipinski definition) is 4. The lowest BCUT2D eigenvalue weighted by Crippen LogP contribution is -2.19. The van der Waals surface area contributed by atoms with Gasteiger partial charge in [-0.15, -0.1) is 0 Å². The summed E-state index contributed by atoms with van der Waals surface area (Å²) in [5.41, 5.74) is 1.21. The fourth-order valence-electron chi connectivity index (χ4n) is 1.44. The molecule has 0 radical (unpaired) electrons. The molecule has 1 aromatic rings. The molecular weight excluding hydrogens is 206 g/mol. The Balaban J connectivity index is 2.54. The molecule has 0 amide bonds. The van der Waals surface area contributed by atoms with Gasteiger partial charge in [0.15, 0.2) is 11.5 Å². The van der Waals surface area contributed by atoms with E-state index in [1.165, 1.54) is 5.56 Å². The van der Waals surface area contributed by atoms with Crippen molar-refractivity contribution in [2.24, 2.45) is 0 Å². The van der Waals surface area contributed by atoms with Crippen molar-refractivity contribution in [3.63, 3.8) is 0 Å². The first kappa shape index (κ1) is 12.8. The van der Waals surface area contributed by atoms with Crippen LogP contribution in [0.25, 0.3) is 0 Å². The van der Waals surface area contributed by atoms with Crippen molar-refractivity contribution in [2.45, 2.75) is 6.42 Å². The van der Waals surface area contributed by atoms with Crippen LogP contribution in [0, 0.1) is 0 Å². The van der Waals surface area contributed by atoms with E-state index in [9.17, 15) is 0 Å². The highest BCUT2D eigenvalue weighted by Crippen LogP contribution is 2.27. The molecule has 4 nitrogen and oxygen atoms in total. The zero-order chi connectivity index (χ0) is 11.8. The summed E-state index contributed by atoms with van der Waals surface area (Å²) < 4.78 is 15.3. The zero-order valence-electron chi connectivity index (χ0n) is 10.1. The van der Waals surface area contributed by atoms with Gasteiger partial charge in [0.2, 0.25) is 0 Å². The van der Waals surface area contributed by atoms with Crippen LogP contribution in [0.4, 0.5) is 0 Å². The van der Waals surface area contributed by atoms with E-state index in [1.54, 1.807) is 21.3 Å². The summed E-state index contributed by atoms with van der Waals surface area (Å²) in [4.78, 5) is 0. The van der Waals surface area contributed by atoms with E-state index in [1.807, 2.05) is 18.2 Å². The highest BCUT2D eigenvalue weighted by Gasteiger charge is 2.03. The van der Waals surface area contributed by atoms with E-state index in [0.29, 0.717) is 6.73 Å². The summed E-state index contributed by atoms with van der Waals surface area (Å²) in [5, 5.41) is 3.16. The van der Waals surface area contributed by atoms with Gasteiger partial charge in [0.1, 0.15) is 0 Å². The Bertz CT molecular complexity index is 315. The second-order valence-electron chi connectivity index (χ2n) is 3.37. The van der Waals surface area contributed by atoms with Crippen molar-refractivity contribution >= 4 is 0 Å². The third-order valence-electron chi connectivity index (χ3n) is 2.28. The SMILES string of the molecule is COCNCCc1ccc(OC)c(OC)c1. The second-order valence-corrected chi connectivity index (χ2v) is 3.37. The Kier molecular flexibility index (Phi) is 5.67. The lowest BCUT2D eigenvalue weighted by molar-refractivity contribution is 0.176. The highest BCUT2D eigenvalue weighted by molar-refractivity contribution is 5.42. The maximum absolute atomic E-state index is 5.23. The molecule has 0 aromatic heterocycles. The first-order chi connectivity index (χ1) is 7.81. The Morgan fingerprint density at radius 2 is 1.81 bits per heavy atom. The molecule has 0 saturated heterocycles. The molecule has 0 aliphatic carbocycles. The summed E-state index contributed by atoms with van der Waals surface area (Å²) in [6, 6.07) is 5.95. The van der Waals surface area contributed by atoms with Crippen LogP contribution in [-0.4, -0.2) is 34.6 Å². The molecule has 1 rings (SSSR count). The first-order valence-electron chi connectivity index (χ1n) is 5.22. The molecular formula is C12H19NO3. The highest BCUT2D eigenvalue weighted by atomic mass is 16.5. The van der Waals surface area contributed by atoms with Gasteiger partial charge in [0, 0.05) is 13.7 Å². The normalized spacial score (nSPS) is 10.2. The minimum absolute atomic E-state index is 0.577. The number of ether oxygens (including phenoxy) is 3. The summed E-state index contributed by atoms with van der Waals surface area (Å²) >= 11 is 0. The molecule has 4 heteroatoms. The third-order valence-corrected chi connectivity index (χ3v) is 2.28. The van der Waals surface area contributed by atoms with E-state index in [2.05, 4.69) is 5.32 Å². The lowest BCUT2D eigenvalue weighted by atomic mass is 10.1. The largest absolute Gasteiger partial charge is 0.493 e. The molecule has 0 bridgehead atoms. The van der Waals surface area contributed by atoms with E-state index in [0.717, 1.165) is 24.5 Å². The summed E-state index contributed by atoms with van der Waals surface area (Å²) in [6.07, 6.45) is 0.934. The maximum atomic E-state index is 5.23. The molecule has 0 aliphatic rings. The van der Waals surface area contributed by atoms with Crippen LogP contribution in [0.5, 0.6) is 11.5 Å². The Morgan fingerprint density at radius 1 is 1.06 bits per heavy atom. The second kappa shape index (κ2) is 7.09. The molecule has 1 aromatic carbocycles. The van der Waals surface area contributed by atoms with Crippen molar-refractivity contribution in [3.8, 4) is 11.5 Å². The minimum Gasteiger partial charge on any atom is -0.493 e. The zero-order valence-corrected chi connectivity index (χ0v) is 10.1. The fraction of sp³-hybridized carbons (Fsp3) is 0.500. The molecule has 0 fully saturated rings. The molecule has 1 N–H and O–H groups in total. The summed E-state index contributed by atoms with van der Waals surface area (Å²) in [7, 11) is 4.95. The van der Waals surface area contributed by atoms with Crippen LogP contribution in [0.2, 0.25) is 0 Å².